The fourth-order valence-electron chi connectivity index (χ4n) is 1.99. The van der Waals surface area contributed by atoms with E-state index in [1.807, 2.05) is 13.8 Å². The van der Waals surface area contributed by atoms with E-state index < -0.39 is 0 Å². The van der Waals surface area contributed by atoms with E-state index in [9.17, 15) is 0 Å². The van der Waals surface area contributed by atoms with Gasteiger partial charge in [0.1, 0.15) is 0 Å². The van der Waals surface area contributed by atoms with Gasteiger partial charge < -0.3 is 4.57 Å². The van der Waals surface area contributed by atoms with Crippen LogP contribution in [-0.4, -0.2) is 4.57 Å². The average molecular weight is 231 g/mol. The Hall–Kier alpha value is -1.24. The van der Waals surface area contributed by atoms with E-state index >= 15 is 0 Å². The molecule has 17 heavy (non-hydrogen) atoms. The summed E-state index contributed by atoms with van der Waals surface area (Å²) in [6, 6.07) is 2.17. The van der Waals surface area contributed by atoms with E-state index in [-0.39, 0.29) is 5.41 Å². The standard InChI is InChI=1S/C14H19N.C2H6/c1-14(2,3)12-6-5-11-9-10-15(4)13(11)8-7-12;1-2/h5-6,8-10H,7H2,1-4H3;1-2H3. The molecule has 0 saturated carbocycles. The minimum Gasteiger partial charge on any atom is -0.351 e. The van der Waals surface area contributed by atoms with Crippen molar-refractivity contribution in [2.75, 3.05) is 0 Å². The minimum atomic E-state index is 0.273. The van der Waals surface area contributed by atoms with Crippen LogP contribution in [0.3, 0.4) is 0 Å². The molecule has 0 fully saturated rings. The Kier molecular flexibility index (Phi) is 4.39. The molecule has 1 aliphatic rings. The highest BCUT2D eigenvalue weighted by Crippen LogP contribution is 2.28. The van der Waals surface area contributed by atoms with Crippen molar-refractivity contribution in [3.63, 3.8) is 0 Å². The lowest BCUT2D eigenvalue weighted by Crippen LogP contribution is -2.26. The van der Waals surface area contributed by atoms with Gasteiger partial charge in [-0.05, 0) is 23.1 Å². The van der Waals surface area contributed by atoms with Crippen molar-refractivity contribution in [2.24, 2.45) is 12.5 Å². The third kappa shape index (κ3) is 3.12. The lowest BCUT2D eigenvalue weighted by atomic mass is 9.84. The van der Waals surface area contributed by atoms with Gasteiger partial charge in [-0.15, -0.1) is 0 Å². The van der Waals surface area contributed by atoms with Gasteiger partial charge in [0.2, 0.25) is 0 Å². The van der Waals surface area contributed by atoms with Crippen molar-refractivity contribution in [2.45, 2.75) is 41.0 Å². The second-order valence-electron chi connectivity index (χ2n) is 5.28. The van der Waals surface area contributed by atoms with Gasteiger partial charge in [-0.25, -0.2) is 0 Å². The van der Waals surface area contributed by atoms with E-state index in [0.29, 0.717) is 0 Å². The number of hydrogen-bond acceptors (Lipinski definition) is 0. The maximum Gasteiger partial charge on any atom is 0.0440 e. The fourth-order valence-corrected chi connectivity index (χ4v) is 1.99. The molecule has 1 heteroatoms. The first kappa shape index (κ1) is 13.8. The molecule has 0 aliphatic heterocycles. The Morgan fingerprint density at radius 2 is 1.76 bits per heavy atom. The molecule has 1 heterocycles. The molecule has 1 nitrogen and oxygen atoms in total. The topological polar surface area (TPSA) is 4.93 Å². The zero-order valence-electron chi connectivity index (χ0n) is 12.0. The minimum absolute atomic E-state index is 0.273. The van der Waals surface area contributed by atoms with Crippen LogP contribution in [-0.2, 0) is 7.05 Å². The first-order valence-corrected chi connectivity index (χ1v) is 6.51. The Bertz CT molecular complexity index is 507. The van der Waals surface area contributed by atoms with Gasteiger partial charge in [-0.2, -0.15) is 0 Å². The van der Waals surface area contributed by atoms with Gasteiger partial charge in [0.05, 0.1) is 0 Å². The van der Waals surface area contributed by atoms with E-state index in [2.05, 4.69) is 62.9 Å². The number of hydrogen-bond donors (Lipinski definition) is 0. The summed E-state index contributed by atoms with van der Waals surface area (Å²) in [7, 11) is 2.10. The van der Waals surface area contributed by atoms with Crippen molar-refractivity contribution < 1.29 is 0 Å². The predicted molar refractivity (Wildman–Crippen MR) is 77.1 cm³/mol. The first-order chi connectivity index (χ1) is 7.98. The largest absolute Gasteiger partial charge is 0.351 e. The summed E-state index contributed by atoms with van der Waals surface area (Å²) >= 11 is 0. The predicted octanol–water partition coefficient (Wildman–Crippen LogP) is 2.99. The summed E-state index contributed by atoms with van der Waals surface area (Å²) < 4.78 is 2.19. The van der Waals surface area contributed by atoms with E-state index in [1.165, 1.54) is 16.1 Å². The van der Waals surface area contributed by atoms with Crippen molar-refractivity contribution >= 4 is 12.2 Å². The van der Waals surface area contributed by atoms with Crippen molar-refractivity contribution in [3.8, 4) is 0 Å². The van der Waals surface area contributed by atoms with Crippen LogP contribution < -0.4 is 10.6 Å². The van der Waals surface area contributed by atoms with Crippen LogP contribution in [0.1, 0.15) is 41.0 Å². The van der Waals surface area contributed by atoms with Crippen LogP contribution in [0.25, 0.3) is 12.2 Å². The molecule has 0 radical (unpaired) electrons. The zero-order valence-corrected chi connectivity index (χ0v) is 12.0. The molecule has 0 saturated heterocycles. The molecule has 1 aromatic heterocycles. The molecule has 1 aliphatic carbocycles. The molecular formula is C16H25N. The number of aryl methyl sites for hydroxylation is 1. The van der Waals surface area contributed by atoms with Gasteiger partial charge in [-0.1, -0.05) is 58.4 Å². The summed E-state index contributed by atoms with van der Waals surface area (Å²) in [4.78, 5) is 0. The number of nitrogens with zero attached hydrogens (tertiary/aromatic N) is 1. The summed E-state index contributed by atoms with van der Waals surface area (Å²) in [5, 5.41) is 2.67. The maximum atomic E-state index is 2.33. The van der Waals surface area contributed by atoms with Crippen molar-refractivity contribution in [1.29, 1.82) is 0 Å². The van der Waals surface area contributed by atoms with Crippen LogP contribution in [0.2, 0.25) is 0 Å². The highest BCUT2D eigenvalue weighted by molar-refractivity contribution is 5.47. The van der Waals surface area contributed by atoms with E-state index in [0.717, 1.165) is 6.42 Å². The van der Waals surface area contributed by atoms with Gasteiger partial charge >= 0.3 is 0 Å². The molecule has 0 unspecified atom stereocenters. The first-order valence-electron chi connectivity index (χ1n) is 6.51. The molecule has 0 N–H and O–H groups in total. The average Bonchev–Trinajstić information content (AvgIpc) is 2.52. The van der Waals surface area contributed by atoms with Crippen LogP contribution in [0, 0.1) is 5.41 Å². The summed E-state index contributed by atoms with van der Waals surface area (Å²) in [6.45, 7) is 10.8. The highest BCUT2D eigenvalue weighted by Gasteiger charge is 2.15. The molecule has 94 valence electrons. The van der Waals surface area contributed by atoms with Crippen molar-refractivity contribution in [3.05, 3.63) is 34.5 Å². The smallest absolute Gasteiger partial charge is 0.0440 e. The molecule has 0 atom stereocenters. The SMILES string of the molecule is CC.Cn1ccc2c1=CCC(C(C)(C)C)=CC=2. The molecule has 1 aromatic rings. The Morgan fingerprint density at radius 1 is 1.12 bits per heavy atom. The zero-order chi connectivity index (χ0) is 13.1. The molecule has 0 amide bonds. The summed E-state index contributed by atoms with van der Waals surface area (Å²) in [5.74, 6) is 0. The summed E-state index contributed by atoms with van der Waals surface area (Å²) in [5.41, 5.74) is 1.77. The second kappa shape index (κ2) is 5.39. The molecule has 2 rings (SSSR count). The number of rotatable bonds is 0. The fraction of sp³-hybridized carbons (Fsp3) is 0.500. The molecule has 0 aromatic carbocycles. The lowest BCUT2D eigenvalue weighted by molar-refractivity contribution is 0.497. The lowest BCUT2D eigenvalue weighted by Gasteiger charge is -2.21. The molecular weight excluding hydrogens is 206 g/mol. The summed E-state index contributed by atoms with van der Waals surface area (Å²) in [6.07, 6.45) is 10.0. The van der Waals surface area contributed by atoms with Crippen LogP contribution >= 0.6 is 0 Å². The second-order valence-corrected chi connectivity index (χ2v) is 5.28. The van der Waals surface area contributed by atoms with Gasteiger partial charge in [0, 0.05) is 18.6 Å². The highest BCUT2D eigenvalue weighted by atomic mass is 14.9. The third-order valence-electron chi connectivity index (χ3n) is 3.10. The van der Waals surface area contributed by atoms with Crippen LogP contribution in [0.5, 0.6) is 0 Å². The monoisotopic (exact) mass is 231 g/mol. The number of allylic oxidation sites excluding steroid dienone is 2. The Balaban J connectivity index is 0.000000686. The van der Waals surface area contributed by atoms with Crippen LogP contribution in [0.15, 0.2) is 23.9 Å². The Morgan fingerprint density at radius 3 is 2.35 bits per heavy atom. The van der Waals surface area contributed by atoms with Crippen LogP contribution in [0.4, 0.5) is 0 Å². The van der Waals surface area contributed by atoms with E-state index in [1.54, 1.807) is 0 Å². The van der Waals surface area contributed by atoms with Gasteiger partial charge in [-0.3, -0.25) is 0 Å². The quantitative estimate of drug-likeness (QED) is 0.647. The molecule has 0 spiro atoms. The normalized spacial score (nSPS) is 14.4. The van der Waals surface area contributed by atoms with Gasteiger partial charge in [0.25, 0.3) is 0 Å². The van der Waals surface area contributed by atoms with Gasteiger partial charge in [0.15, 0.2) is 0 Å². The maximum absolute atomic E-state index is 2.33. The molecule has 0 bridgehead atoms. The van der Waals surface area contributed by atoms with E-state index in [4.69, 9.17) is 0 Å². The van der Waals surface area contributed by atoms with Crippen molar-refractivity contribution in [1.82, 2.24) is 4.57 Å². The number of fused-ring (bicyclic) bond motifs is 1. The third-order valence-corrected chi connectivity index (χ3v) is 3.10. The Labute approximate surface area is 105 Å². The number of aromatic nitrogens is 1.